The molecule has 23 heavy (non-hydrogen) atoms. The van der Waals surface area contributed by atoms with Gasteiger partial charge in [-0.05, 0) is 24.5 Å². The minimum absolute atomic E-state index is 0.336. The number of fused-ring (bicyclic) bond motifs is 2. The van der Waals surface area contributed by atoms with Gasteiger partial charge >= 0.3 is 6.21 Å². The Morgan fingerprint density at radius 2 is 2.09 bits per heavy atom. The average Bonchev–Trinajstić information content (AvgIpc) is 2.78. The number of anilines is 1. The van der Waals surface area contributed by atoms with Gasteiger partial charge in [-0.15, -0.1) is 0 Å². The third kappa shape index (κ3) is 1.99. The van der Waals surface area contributed by atoms with Crippen LogP contribution in [0.2, 0.25) is 0 Å². The van der Waals surface area contributed by atoms with E-state index in [1.165, 1.54) is 6.92 Å². The van der Waals surface area contributed by atoms with Crippen LogP contribution < -0.4 is 4.90 Å². The van der Waals surface area contributed by atoms with E-state index in [9.17, 15) is 14.4 Å². The number of allylic oxidation sites excluding steroid dienone is 2. The molecule has 1 spiro atoms. The van der Waals surface area contributed by atoms with E-state index < -0.39 is 17.1 Å². The summed E-state index contributed by atoms with van der Waals surface area (Å²) in [5.41, 5.74) is 8.77. The van der Waals surface area contributed by atoms with Crippen LogP contribution in [-0.4, -0.2) is 28.6 Å². The maximum absolute atomic E-state index is 13.1. The van der Waals surface area contributed by atoms with Crippen LogP contribution in [0.15, 0.2) is 36.4 Å². The predicted octanol–water partition coefficient (Wildman–Crippen LogP) is 1.65. The molecule has 1 aliphatic carbocycles. The molecule has 1 aliphatic heterocycles. The molecule has 1 heterocycles. The monoisotopic (exact) mass is 309 g/mol. The molecule has 6 nitrogen and oxygen atoms in total. The molecule has 1 aromatic rings. The van der Waals surface area contributed by atoms with E-state index in [1.807, 2.05) is 12.2 Å². The van der Waals surface area contributed by atoms with Gasteiger partial charge in [-0.2, -0.15) is 4.79 Å². The fourth-order valence-corrected chi connectivity index (χ4v) is 3.67. The van der Waals surface area contributed by atoms with Crippen molar-refractivity contribution in [3.8, 4) is 0 Å². The molecule has 2 amide bonds. The molecule has 0 saturated carbocycles. The number of para-hydroxylation sites is 1. The number of hydrogen-bond donors (Lipinski definition) is 0. The molecule has 1 aromatic carbocycles. The van der Waals surface area contributed by atoms with E-state index in [1.54, 1.807) is 24.3 Å². The number of ketones is 1. The van der Waals surface area contributed by atoms with Crippen LogP contribution in [0.1, 0.15) is 25.3 Å². The second-order valence-corrected chi connectivity index (χ2v) is 5.76. The predicted molar refractivity (Wildman–Crippen MR) is 82.8 cm³/mol. The van der Waals surface area contributed by atoms with Gasteiger partial charge in [-0.3, -0.25) is 14.4 Å². The van der Waals surface area contributed by atoms with Crippen molar-refractivity contribution in [3.63, 3.8) is 0 Å². The summed E-state index contributed by atoms with van der Waals surface area (Å²) in [6.07, 6.45) is 5.22. The summed E-state index contributed by atoms with van der Waals surface area (Å²) in [4.78, 5) is 41.4. The molecule has 2 atom stereocenters. The van der Waals surface area contributed by atoms with Gasteiger partial charge in [0, 0.05) is 6.92 Å². The highest BCUT2D eigenvalue weighted by molar-refractivity contribution is 6.30. The highest BCUT2D eigenvalue weighted by Gasteiger charge is 2.58. The van der Waals surface area contributed by atoms with Crippen LogP contribution >= 0.6 is 0 Å². The number of nitrogens with zero attached hydrogens (tertiary/aromatic N) is 3. The van der Waals surface area contributed by atoms with Crippen LogP contribution in [0.3, 0.4) is 0 Å². The van der Waals surface area contributed by atoms with E-state index in [0.29, 0.717) is 24.1 Å². The van der Waals surface area contributed by atoms with Crippen molar-refractivity contribution in [2.24, 2.45) is 5.92 Å². The zero-order chi connectivity index (χ0) is 16.6. The normalized spacial score (nSPS) is 25.2. The summed E-state index contributed by atoms with van der Waals surface area (Å²) in [5, 5.41) is 0. The Morgan fingerprint density at radius 1 is 1.35 bits per heavy atom. The smallest absolute Gasteiger partial charge is 0.323 e. The topological polar surface area (TPSA) is 90.9 Å². The SMILES string of the molecule is CC(=O)N1C(=O)[C@@]2(CC=CC[C@H]2C(=O)C=[N+]=[N-])c2ccccc21. The Hall–Kier alpha value is -2.85. The first kappa shape index (κ1) is 15.1. The molecule has 0 fully saturated rings. The Labute approximate surface area is 133 Å². The van der Waals surface area contributed by atoms with Gasteiger partial charge in [0.1, 0.15) is 0 Å². The van der Waals surface area contributed by atoms with Gasteiger partial charge in [0.05, 0.1) is 17.0 Å². The van der Waals surface area contributed by atoms with Gasteiger partial charge in [0.2, 0.25) is 17.6 Å². The molecule has 6 heteroatoms. The average molecular weight is 309 g/mol. The van der Waals surface area contributed by atoms with E-state index >= 15 is 0 Å². The number of carbonyl (C=O) groups excluding carboxylic acids is 3. The molecule has 2 aliphatic rings. The van der Waals surface area contributed by atoms with Crippen molar-refractivity contribution in [3.05, 3.63) is 47.5 Å². The lowest BCUT2D eigenvalue weighted by molar-refractivity contribution is -0.134. The number of Topliss-reactive ketones (excluding diaryl/α,β-unsaturated/α-hetero) is 1. The zero-order valence-electron chi connectivity index (χ0n) is 12.6. The van der Waals surface area contributed by atoms with Crippen LogP contribution in [0.25, 0.3) is 5.53 Å². The second kappa shape index (κ2) is 5.41. The number of benzene rings is 1. The summed E-state index contributed by atoms with van der Waals surface area (Å²) in [7, 11) is 0. The number of amides is 2. The van der Waals surface area contributed by atoms with Gasteiger partial charge in [0.25, 0.3) is 0 Å². The fourth-order valence-electron chi connectivity index (χ4n) is 3.67. The van der Waals surface area contributed by atoms with Crippen molar-refractivity contribution in [1.29, 1.82) is 0 Å². The van der Waals surface area contributed by atoms with Crippen LogP contribution in [0, 0.1) is 5.92 Å². The fraction of sp³-hybridized carbons (Fsp3) is 0.294. The van der Waals surface area contributed by atoms with Gasteiger partial charge in [-0.25, -0.2) is 4.90 Å². The van der Waals surface area contributed by atoms with Crippen molar-refractivity contribution in [2.45, 2.75) is 25.2 Å². The first-order chi connectivity index (χ1) is 11.0. The van der Waals surface area contributed by atoms with E-state index in [-0.39, 0.29) is 11.8 Å². The molecular weight excluding hydrogens is 294 g/mol. The Kier molecular flexibility index (Phi) is 3.54. The minimum Gasteiger partial charge on any atom is -0.361 e. The Bertz CT molecular complexity index is 792. The van der Waals surface area contributed by atoms with Crippen LogP contribution in [-0.2, 0) is 19.8 Å². The van der Waals surface area contributed by atoms with Crippen molar-refractivity contribution in [2.75, 3.05) is 4.90 Å². The highest BCUT2D eigenvalue weighted by atomic mass is 16.2. The summed E-state index contributed by atoms with van der Waals surface area (Å²) in [6, 6.07) is 7.04. The van der Waals surface area contributed by atoms with Crippen molar-refractivity contribution >= 4 is 29.5 Å². The summed E-state index contributed by atoms with van der Waals surface area (Å²) in [5.74, 6) is -1.89. The van der Waals surface area contributed by atoms with Crippen molar-refractivity contribution < 1.29 is 19.2 Å². The lowest BCUT2D eigenvalue weighted by Crippen LogP contribution is -2.50. The second-order valence-electron chi connectivity index (χ2n) is 5.76. The molecule has 0 bridgehead atoms. The number of hydrogen-bond acceptors (Lipinski definition) is 3. The summed E-state index contributed by atoms with van der Waals surface area (Å²) < 4.78 is 0. The maximum atomic E-state index is 13.1. The molecule has 0 radical (unpaired) electrons. The van der Waals surface area contributed by atoms with E-state index in [4.69, 9.17) is 5.53 Å². The lowest BCUT2D eigenvalue weighted by Gasteiger charge is -2.35. The van der Waals surface area contributed by atoms with Gasteiger partial charge in [-0.1, -0.05) is 30.4 Å². The third-order valence-electron chi connectivity index (χ3n) is 4.63. The van der Waals surface area contributed by atoms with Gasteiger partial charge < -0.3 is 5.53 Å². The van der Waals surface area contributed by atoms with Gasteiger partial charge in [0.15, 0.2) is 0 Å². The Balaban J connectivity index is 2.25. The molecule has 3 rings (SSSR count). The molecule has 116 valence electrons. The molecular formula is C17H15N3O3. The minimum atomic E-state index is -1.12. The highest BCUT2D eigenvalue weighted by Crippen LogP contribution is 2.51. The summed E-state index contributed by atoms with van der Waals surface area (Å²) in [6.45, 7) is 1.33. The maximum Gasteiger partial charge on any atom is 0.323 e. The molecule has 0 aromatic heterocycles. The van der Waals surface area contributed by atoms with Crippen LogP contribution in [0.5, 0.6) is 0 Å². The largest absolute Gasteiger partial charge is 0.361 e. The molecule has 0 saturated heterocycles. The number of imide groups is 1. The van der Waals surface area contributed by atoms with Crippen molar-refractivity contribution in [1.82, 2.24) is 0 Å². The van der Waals surface area contributed by atoms with Crippen LogP contribution in [0.4, 0.5) is 5.69 Å². The summed E-state index contributed by atoms with van der Waals surface area (Å²) >= 11 is 0. The third-order valence-corrected chi connectivity index (χ3v) is 4.63. The zero-order valence-corrected chi connectivity index (χ0v) is 12.6. The molecule has 0 N–H and O–H groups in total. The lowest BCUT2D eigenvalue weighted by atomic mass is 9.64. The first-order valence-electron chi connectivity index (χ1n) is 7.35. The van der Waals surface area contributed by atoms with E-state index in [0.717, 1.165) is 11.1 Å². The first-order valence-corrected chi connectivity index (χ1v) is 7.35. The Morgan fingerprint density at radius 3 is 2.78 bits per heavy atom. The van der Waals surface area contributed by atoms with E-state index in [2.05, 4.69) is 4.79 Å². The number of rotatable bonds is 2. The quantitative estimate of drug-likeness (QED) is 0.360. The number of carbonyl (C=O) groups is 3. The molecule has 0 unspecified atom stereocenters. The standard InChI is InChI=1S/C17H15N3O3/c1-11(21)20-14-8-3-2-6-12(14)17(16(20)23)9-5-4-7-13(17)15(22)10-19-18/h2-6,8,10,13H,7,9H2,1H3/t13-,17-/m0/s1.